The van der Waals surface area contributed by atoms with E-state index in [2.05, 4.69) is 28.2 Å². The molecule has 0 aliphatic carbocycles. The monoisotopic (exact) mass is 456 g/mol. The lowest BCUT2D eigenvalue weighted by Gasteiger charge is -2.28. The number of nitrogens with zero attached hydrogens (tertiary/aromatic N) is 3. The molecule has 1 amide bonds. The first-order valence-electron chi connectivity index (χ1n) is 10.3. The summed E-state index contributed by atoms with van der Waals surface area (Å²) in [5, 5.41) is 3.56. The van der Waals surface area contributed by atoms with E-state index >= 15 is 0 Å². The highest BCUT2D eigenvalue weighted by molar-refractivity contribution is 7.99. The smallest absolute Gasteiger partial charge is 0.257 e. The highest BCUT2D eigenvalue weighted by Crippen LogP contribution is 2.27. The van der Waals surface area contributed by atoms with Crippen LogP contribution in [-0.2, 0) is 4.74 Å². The van der Waals surface area contributed by atoms with Gasteiger partial charge in [-0.25, -0.2) is 4.98 Å². The molecule has 1 aromatic carbocycles. The highest BCUT2D eigenvalue weighted by atomic mass is 35.5. The second-order valence-electron chi connectivity index (χ2n) is 7.28. The van der Waals surface area contributed by atoms with Gasteiger partial charge in [-0.05, 0) is 49.1 Å². The van der Waals surface area contributed by atoms with E-state index in [0.29, 0.717) is 16.3 Å². The summed E-state index contributed by atoms with van der Waals surface area (Å²) in [5.41, 5.74) is 3.27. The molecule has 2 aromatic heterocycles. The predicted octanol–water partition coefficient (Wildman–Crippen LogP) is 5.04. The SMILES string of the molecule is CCSc1cc(Cl)cc(NC(=O)c2cc(C)n(-c3ccc(N4CCOCC4)cn3)c2)c1. The molecule has 4 rings (SSSR count). The van der Waals surface area contributed by atoms with Gasteiger partial charge in [-0.1, -0.05) is 18.5 Å². The minimum atomic E-state index is -0.179. The number of amides is 1. The van der Waals surface area contributed by atoms with Crippen molar-refractivity contribution in [3.63, 3.8) is 0 Å². The molecule has 0 spiro atoms. The van der Waals surface area contributed by atoms with Crippen LogP contribution < -0.4 is 10.2 Å². The number of hydrogen-bond donors (Lipinski definition) is 1. The maximum atomic E-state index is 12.8. The lowest BCUT2D eigenvalue weighted by atomic mass is 10.2. The van der Waals surface area contributed by atoms with Gasteiger partial charge in [-0.3, -0.25) is 4.79 Å². The number of hydrogen-bond acceptors (Lipinski definition) is 5. The van der Waals surface area contributed by atoms with Gasteiger partial charge in [0.15, 0.2) is 0 Å². The third kappa shape index (κ3) is 5.23. The molecule has 162 valence electrons. The molecule has 1 fully saturated rings. The molecule has 0 bridgehead atoms. The van der Waals surface area contributed by atoms with Crippen LogP contribution in [0.5, 0.6) is 0 Å². The molecule has 0 saturated carbocycles. The molecule has 0 atom stereocenters. The Kier molecular flexibility index (Phi) is 6.85. The number of carbonyl (C=O) groups is 1. The van der Waals surface area contributed by atoms with E-state index in [1.807, 2.05) is 48.1 Å². The number of carbonyl (C=O) groups excluding carboxylic acids is 1. The first-order valence-corrected chi connectivity index (χ1v) is 11.6. The molecular weight excluding hydrogens is 432 g/mol. The molecule has 1 saturated heterocycles. The van der Waals surface area contributed by atoms with E-state index in [1.165, 1.54) is 0 Å². The Hall–Kier alpha value is -2.48. The van der Waals surface area contributed by atoms with Crippen LogP contribution in [0, 0.1) is 6.92 Å². The highest BCUT2D eigenvalue weighted by Gasteiger charge is 2.15. The minimum absolute atomic E-state index is 0.179. The Balaban J connectivity index is 1.50. The largest absolute Gasteiger partial charge is 0.378 e. The van der Waals surface area contributed by atoms with Crippen LogP contribution >= 0.6 is 23.4 Å². The van der Waals surface area contributed by atoms with Gasteiger partial charge in [0, 0.05) is 40.6 Å². The van der Waals surface area contributed by atoms with Crippen molar-refractivity contribution in [1.82, 2.24) is 9.55 Å². The number of halogens is 1. The van der Waals surface area contributed by atoms with E-state index < -0.39 is 0 Å². The van der Waals surface area contributed by atoms with Crippen LogP contribution in [-0.4, -0.2) is 47.5 Å². The number of nitrogens with one attached hydrogen (secondary N) is 1. The summed E-state index contributed by atoms with van der Waals surface area (Å²) < 4.78 is 7.34. The first-order chi connectivity index (χ1) is 15.0. The van der Waals surface area contributed by atoms with Gasteiger partial charge in [0.2, 0.25) is 0 Å². The lowest BCUT2D eigenvalue weighted by molar-refractivity contribution is 0.102. The van der Waals surface area contributed by atoms with Crippen molar-refractivity contribution < 1.29 is 9.53 Å². The van der Waals surface area contributed by atoms with Gasteiger partial charge in [0.05, 0.1) is 30.7 Å². The van der Waals surface area contributed by atoms with Gasteiger partial charge in [0.25, 0.3) is 5.91 Å². The number of anilines is 2. The topological polar surface area (TPSA) is 59.4 Å². The average Bonchev–Trinajstić information content (AvgIpc) is 3.16. The van der Waals surface area contributed by atoms with Gasteiger partial charge >= 0.3 is 0 Å². The lowest BCUT2D eigenvalue weighted by Crippen LogP contribution is -2.36. The van der Waals surface area contributed by atoms with Crippen molar-refractivity contribution in [2.75, 3.05) is 42.3 Å². The number of rotatable bonds is 6. The van der Waals surface area contributed by atoms with Crippen LogP contribution in [0.3, 0.4) is 0 Å². The Morgan fingerprint density at radius 3 is 2.74 bits per heavy atom. The number of thioether (sulfide) groups is 1. The normalized spacial score (nSPS) is 14.0. The molecule has 1 aliphatic rings. The van der Waals surface area contributed by atoms with Gasteiger partial charge in [-0.15, -0.1) is 11.8 Å². The third-order valence-corrected chi connectivity index (χ3v) is 6.15. The van der Waals surface area contributed by atoms with E-state index in [0.717, 1.165) is 54.2 Å². The molecule has 31 heavy (non-hydrogen) atoms. The van der Waals surface area contributed by atoms with Crippen molar-refractivity contribution in [1.29, 1.82) is 0 Å². The molecule has 0 radical (unpaired) electrons. The van der Waals surface area contributed by atoms with Gasteiger partial charge in [-0.2, -0.15) is 0 Å². The average molecular weight is 457 g/mol. The zero-order valence-electron chi connectivity index (χ0n) is 17.6. The van der Waals surface area contributed by atoms with E-state index in [-0.39, 0.29) is 5.91 Å². The fraction of sp³-hybridized carbons (Fsp3) is 0.304. The van der Waals surface area contributed by atoms with Gasteiger partial charge in [0.1, 0.15) is 5.82 Å². The molecule has 1 aliphatic heterocycles. The molecular formula is C23H25ClN4O2S. The Bertz CT molecular complexity index is 1060. The van der Waals surface area contributed by atoms with Crippen LogP contribution in [0.25, 0.3) is 5.82 Å². The summed E-state index contributed by atoms with van der Waals surface area (Å²) in [7, 11) is 0. The van der Waals surface area contributed by atoms with Crippen LogP contribution in [0.4, 0.5) is 11.4 Å². The zero-order valence-corrected chi connectivity index (χ0v) is 19.2. The fourth-order valence-electron chi connectivity index (χ4n) is 3.56. The van der Waals surface area contributed by atoms with E-state index in [9.17, 15) is 4.79 Å². The fourth-order valence-corrected chi connectivity index (χ4v) is 4.61. The molecule has 0 unspecified atom stereocenters. The quantitative estimate of drug-likeness (QED) is 0.527. The number of aryl methyl sites for hydroxylation is 1. The van der Waals surface area contributed by atoms with E-state index in [1.54, 1.807) is 17.8 Å². The number of ether oxygens (including phenoxy) is 1. The maximum absolute atomic E-state index is 12.8. The first kappa shape index (κ1) is 21.7. The Morgan fingerprint density at radius 2 is 2.03 bits per heavy atom. The molecule has 3 heterocycles. The summed E-state index contributed by atoms with van der Waals surface area (Å²) in [6.07, 6.45) is 3.69. The van der Waals surface area contributed by atoms with Gasteiger partial charge < -0.3 is 19.5 Å². The van der Waals surface area contributed by atoms with Crippen molar-refractivity contribution >= 4 is 40.6 Å². The Labute approximate surface area is 191 Å². The minimum Gasteiger partial charge on any atom is -0.378 e. The summed E-state index contributed by atoms with van der Waals surface area (Å²) in [6.45, 7) is 7.26. The Morgan fingerprint density at radius 1 is 1.23 bits per heavy atom. The number of pyridine rings is 1. The number of morpholine rings is 1. The molecule has 3 aromatic rings. The van der Waals surface area contributed by atoms with Crippen molar-refractivity contribution in [3.8, 4) is 5.82 Å². The number of benzene rings is 1. The van der Waals surface area contributed by atoms with Crippen molar-refractivity contribution in [3.05, 3.63) is 65.1 Å². The molecule has 1 N–H and O–H groups in total. The third-order valence-electron chi connectivity index (χ3n) is 5.07. The standard InChI is InChI=1S/C23H25ClN4O2S/c1-3-31-21-12-18(24)11-19(13-21)26-23(29)17-10-16(2)28(15-17)22-5-4-20(14-25-22)27-6-8-30-9-7-27/h4-5,10-15H,3,6-9H2,1-2H3,(H,26,29). The van der Waals surface area contributed by atoms with Crippen molar-refractivity contribution in [2.45, 2.75) is 18.7 Å². The van der Waals surface area contributed by atoms with E-state index in [4.69, 9.17) is 16.3 Å². The maximum Gasteiger partial charge on any atom is 0.257 e. The summed E-state index contributed by atoms with van der Waals surface area (Å²) in [5.74, 6) is 1.53. The molecule has 8 heteroatoms. The van der Waals surface area contributed by atoms with Crippen molar-refractivity contribution in [2.24, 2.45) is 0 Å². The molecule has 6 nitrogen and oxygen atoms in total. The summed E-state index contributed by atoms with van der Waals surface area (Å²) >= 11 is 7.89. The van der Waals surface area contributed by atoms with Crippen LogP contribution in [0.1, 0.15) is 23.0 Å². The van der Waals surface area contributed by atoms with Crippen LogP contribution in [0.2, 0.25) is 5.02 Å². The zero-order chi connectivity index (χ0) is 21.8. The number of aromatic nitrogens is 2. The van der Waals surface area contributed by atoms with Crippen LogP contribution in [0.15, 0.2) is 53.7 Å². The summed E-state index contributed by atoms with van der Waals surface area (Å²) in [6, 6.07) is 11.5. The predicted molar refractivity (Wildman–Crippen MR) is 127 cm³/mol. The second-order valence-corrected chi connectivity index (χ2v) is 9.05. The second kappa shape index (κ2) is 9.77. The summed E-state index contributed by atoms with van der Waals surface area (Å²) in [4.78, 5) is 20.7.